The van der Waals surface area contributed by atoms with Crippen molar-refractivity contribution in [2.24, 2.45) is 7.05 Å². The van der Waals surface area contributed by atoms with E-state index >= 15 is 0 Å². The van der Waals surface area contributed by atoms with E-state index in [0.717, 1.165) is 6.54 Å². The molecule has 0 spiro atoms. The Morgan fingerprint density at radius 3 is 2.44 bits per heavy atom. The number of aromatic nitrogens is 2. The molecule has 1 heterocycles. The maximum atomic E-state index is 2.12. The molecule has 0 saturated carbocycles. The highest BCUT2D eigenvalue weighted by atomic mass is 127. The second-order valence-corrected chi connectivity index (χ2v) is 1.82. The first-order valence-corrected chi connectivity index (χ1v) is 2.85. The van der Waals surface area contributed by atoms with Crippen LogP contribution in [0, 0.1) is 0 Å². The van der Waals surface area contributed by atoms with E-state index in [2.05, 4.69) is 22.5 Å². The van der Waals surface area contributed by atoms with Gasteiger partial charge in [0.2, 0.25) is 0 Å². The highest BCUT2D eigenvalue weighted by Gasteiger charge is 1.94. The third-order valence-electron chi connectivity index (χ3n) is 1.29. The van der Waals surface area contributed by atoms with Gasteiger partial charge in [0.1, 0.15) is 0 Å². The van der Waals surface area contributed by atoms with E-state index in [4.69, 9.17) is 0 Å². The minimum Gasteiger partial charge on any atom is -1.00 e. The van der Waals surface area contributed by atoms with E-state index in [9.17, 15) is 0 Å². The molecule has 0 radical (unpaired) electrons. The van der Waals surface area contributed by atoms with Gasteiger partial charge < -0.3 is 24.0 Å². The van der Waals surface area contributed by atoms with Gasteiger partial charge in [-0.3, -0.25) is 0 Å². The maximum absolute atomic E-state index is 2.12. The first-order valence-electron chi connectivity index (χ1n) is 2.85. The molecule has 0 aliphatic carbocycles. The summed E-state index contributed by atoms with van der Waals surface area (Å²) in [4.78, 5) is 0. The molecule has 2 nitrogen and oxygen atoms in total. The van der Waals surface area contributed by atoms with Crippen molar-refractivity contribution >= 4 is 0 Å². The molecule has 0 saturated heterocycles. The fourth-order valence-electron chi connectivity index (χ4n) is 0.782. The molecule has 0 fully saturated rings. The molecule has 0 aliphatic rings. The molecule has 0 aliphatic heterocycles. The fraction of sp³-hybridized carbons (Fsp3) is 0.500. The van der Waals surface area contributed by atoms with Crippen LogP contribution in [0.15, 0.2) is 18.5 Å². The average Bonchev–Trinajstić information content (AvgIpc) is 2.14. The van der Waals surface area contributed by atoms with Crippen molar-refractivity contribution in [1.82, 2.24) is 4.68 Å². The molecule has 0 atom stereocenters. The van der Waals surface area contributed by atoms with Crippen molar-refractivity contribution in [2.45, 2.75) is 13.5 Å². The van der Waals surface area contributed by atoms with Gasteiger partial charge in [-0.2, -0.15) is 4.68 Å². The number of rotatable bonds is 1. The quantitative estimate of drug-likeness (QED) is 0.373. The highest BCUT2D eigenvalue weighted by molar-refractivity contribution is 4.70. The van der Waals surface area contributed by atoms with E-state index in [1.165, 1.54) is 0 Å². The number of aryl methyl sites for hydroxylation is 2. The van der Waals surface area contributed by atoms with Gasteiger partial charge in [0.05, 0.1) is 12.7 Å². The Kier molecular flexibility index (Phi) is 3.84. The molecule has 9 heavy (non-hydrogen) atoms. The standard InChI is InChI=1S/C6H11N2.HI/c1-3-8-6-4-5-7(8)2;/h4-6H,3H2,1-2H3;1H/q+1;/p-1. The monoisotopic (exact) mass is 238 g/mol. The second kappa shape index (κ2) is 3.87. The van der Waals surface area contributed by atoms with Gasteiger partial charge in [-0.25, -0.2) is 0 Å². The summed E-state index contributed by atoms with van der Waals surface area (Å²) in [6, 6.07) is 2.03. The molecule has 1 aromatic heterocycles. The van der Waals surface area contributed by atoms with Crippen LogP contribution in [0.4, 0.5) is 0 Å². The minimum absolute atomic E-state index is 0. The van der Waals surface area contributed by atoms with Crippen molar-refractivity contribution in [3.63, 3.8) is 0 Å². The minimum atomic E-state index is 0. The van der Waals surface area contributed by atoms with E-state index in [1.807, 2.05) is 19.3 Å². The molecule has 0 unspecified atom stereocenters. The van der Waals surface area contributed by atoms with Gasteiger partial charge in [0.15, 0.2) is 13.2 Å². The summed E-state index contributed by atoms with van der Waals surface area (Å²) in [6.45, 7) is 3.17. The first-order chi connectivity index (χ1) is 3.84. The predicted octanol–water partition coefficient (Wildman–Crippen LogP) is -2.66. The van der Waals surface area contributed by atoms with E-state index in [1.54, 1.807) is 0 Å². The fourth-order valence-corrected chi connectivity index (χ4v) is 0.782. The Morgan fingerprint density at radius 2 is 2.22 bits per heavy atom. The second-order valence-electron chi connectivity index (χ2n) is 1.82. The smallest absolute Gasteiger partial charge is 0.195 e. The largest absolute Gasteiger partial charge is 1.00 e. The zero-order valence-corrected chi connectivity index (χ0v) is 7.87. The molecule has 0 amide bonds. The lowest BCUT2D eigenvalue weighted by Crippen LogP contribution is -3.00. The molecule has 52 valence electrons. The molecule has 1 rings (SSSR count). The van der Waals surface area contributed by atoms with Gasteiger partial charge >= 0.3 is 0 Å². The van der Waals surface area contributed by atoms with Crippen molar-refractivity contribution in [3.05, 3.63) is 18.5 Å². The van der Waals surface area contributed by atoms with Crippen molar-refractivity contribution in [2.75, 3.05) is 0 Å². The zero-order valence-electron chi connectivity index (χ0n) is 5.71. The maximum Gasteiger partial charge on any atom is 0.195 e. The van der Waals surface area contributed by atoms with Crippen LogP contribution in [0.5, 0.6) is 0 Å². The Bertz CT molecular complexity index is 171. The zero-order chi connectivity index (χ0) is 5.98. The summed E-state index contributed by atoms with van der Waals surface area (Å²) in [5, 5.41) is 0. The Morgan fingerprint density at radius 1 is 1.56 bits per heavy atom. The molecular weight excluding hydrogens is 227 g/mol. The van der Waals surface area contributed by atoms with Crippen molar-refractivity contribution in [1.29, 1.82) is 0 Å². The summed E-state index contributed by atoms with van der Waals surface area (Å²) in [5.74, 6) is 0. The number of hydrogen-bond donors (Lipinski definition) is 0. The molecule has 0 bridgehead atoms. The highest BCUT2D eigenvalue weighted by Crippen LogP contribution is 1.77. The first kappa shape index (κ1) is 8.94. The lowest BCUT2D eigenvalue weighted by atomic mass is 10.7. The van der Waals surface area contributed by atoms with Gasteiger partial charge in [-0.05, 0) is 6.92 Å². The van der Waals surface area contributed by atoms with Crippen molar-refractivity contribution < 1.29 is 28.7 Å². The summed E-state index contributed by atoms with van der Waals surface area (Å²) < 4.78 is 4.18. The molecular formula is C6H11IN2. The van der Waals surface area contributed by atoms with Crippen LogP contribution < -0.4 is 28.7 Å². The predicted molar refractivity (Wildman–Crippen MR) is 31.3 cm³/mol. The summed E-state index contributed by atoms with van der Waals surface area (Å²) in [7, 11) is 2.03. The molecule has 3 heteroatoms. The van der Waals surface area contributed by atoms with Gasteiger partial charge in [-0.1, -0.05) is 0 Å². The van der Waals surface area contributed by atoms with Crippen molar-refractivity contribution in [3.8, 4) is 0 Å². The van der Waals surface area contributed by atoms with Crippen LogP contribution in [0.1, 0.15) is 6.92 Å². The summed E-state index contributed by atoms with van der Waals surface area (Å²) >= 11 is 0. The SMILES string of the molecule is CCn1ccc[n+]1C.[I-]. The third kappa shape index (κ3) is 1.97. The molecule has 0 aromatic carbocycles. The number of hydrogen-bond acceptors (Lipinski definition) is 0. The number of nitrogens with zero attached hydrogens (tertiary/aromatic N) is 2. The van der Waals surface area contributed by atoms with Crippen LogP contribution >= 0.6 is 0 Å². The molecule has 0 N–H and O–H groups in total. The Labute approximate surface area is 72.5 Å². The summed E-state index contributed by atoms with van der Waals surface area (Å²) in [5.41, 5.74) is 0. The average molecular weight is 238 g/mol. The van der Waals surface area contributed by atoms with Gasteiger partial charge in [-0.15, -0.1) is 4.68 Å². The summed E-state index contributed by atoms with van der Waals surface area (Å²) in [6.07, 6.45) is 4.09. The Balaban J connectivity index is 0.000000640. The van der Waals surface area contributed by atoms with Gasteiger partial charge in [0, 0.05) is 6.07 Å². The van der Waals surface area contributed by atoms with Crippen LogP contribution in [-0.4, -0.2) is 4.68 Å². The van der Waals surface area contributed by atoms with E-state index in [0.29, 0.717) is 0 Å². The normalized spacial score (nSPS) is 8.67. The lowest BCUT2D eigenvalue weighted by molar-refractivity contribution is -0.753. The van der Waals surface area contributed by atoms with Crippen LogP contribution in [0.3, 0.4) is 0 Å². The van der Waals surface area contributed by atoms with Gasteiger partial charge in [0.25, 0.3) is 0 Å². The van der Waals surface area contributed by atoms with Crippen LogP contribution in [0.2, 0.25) is 0 Å². The van der Waals surface area contributed by atoms with E-state index in [-0.39, 0.29) is 24.0 Å². The Hall–Kier alpha value is -0.0600. The third-order valence-corrected chi connectivity index (χ3v) is 1.29. The lowest BCUT2D eigenvalue weighted by Gasteiger charge is -1.89. The van der Waals surface area contributed by atoms with Crippen LogP contribution in [-0.2, 0) is 13.6 Å². The van der Waals surface area contributed by atoms with Crippen LogP contribution in [0.25, 0.3) is 0 Å². The van der Waals surface area contributed by atoms with E-state index < -0.39 is 0 Å². The molecule has 1 aromatic rings. The number of halogens is 1. The topological polar surface area (TPSA) is 8.81 Å².